The van der Waals surface area contributed by atoms with Gasteiger partial charge in [-0.15, -0.1) is 10.2 Å². The van der Waals surface area contributed by atoms with Crippen LogP contribution in [0.4, 0.5) is 5.69 Å². The summed E-state index contributed by atoms with van der Waals surface area (Å²) < 4.78 is 5.06. The van der Waals surface area contributed by atoms with Crippen LogP contribution in [0.3, 0.4) is 0 Å². The minimum atomic E-state index is -0.513. The lowest BCUT2D eigenvalue weighted by Crippen LogP contribution is -2.16. The molecule has 0 saturated carbocycles. The number of nitrogens with zero attached hydrogens (tertiary/aromatic N) is 3. The molecule has 0 saturated heterocycles. The van der Waals surface area contributed by atoms with Gasteiger partial charge in [-0.25, -0.2) is 4.98 Å². The Bertz CT molecular complexity index is 879. The van der Waals surface area contributed by atoms with Crippen LogP contribution in [0, 0.1) is 0 Å². The van der Waals surface area contributed by atoms with Crippen LogP contribution in [0.2, 0.25) is 10.0 Å². The topological polar surface area (TPSA) is 77.0 Å². The molecule has 0 aliphatic rings. The molecule has 1 amide bonds. The van der Waals surface area contributed by atoms with Gasteiger partial charge in [0.25, 0.3) is 5.91 Å². The van der Waals surface area contributed by atoms with E-state index < -0.39 is 5.91 Å². The van der Waals surface area contributed by atoms with Crippen molar-refractivity contribution in [2.45, 2.75) is 0 Å². The molecule has 2 aromatic carbocycles. The lowest BCUT2D eigenvalue weighted by molar-refractivity contribution is 0.101. The molecule has 23 heavy (non-hydrogen) atoms. The molecule has 6 nitrogen and oxygen atoms in total. The number of anilines is 1. The zero-order valence-corrected chi connectivity index (χ0v) is 13.4. The third-order valence-corrected chi connectivity index (χ3v) is 3.59. The van der Waals surface area contributed by atoms with Crippen molar-refractivity contribution < 1.29 is 9.53 Å². The van der Waals surface area contributed by atoms with Crippen molar-refractivity contribution in [1.29, 1.82) is 0 Å². The number of methoxy groups -OCH3 is 1. The molecule has 0 aliphatic heterocycles. The normalized spacial score (nSPS) is 10.6. The summed E-state index contributed by atoms with van der Waals surface area (Å²) in [5, 5.41) is 11.0. The monoisotopic (exact) mass is 348 g/mol. The summed E-state index contributed by atoms with van der Waals surface area (Å²) in [5.41, 5.74) is 1.60. The van der Waals surface area contributed by atoms with E-state index in [1.165, 1.54) is 19.2 Å². The summed E-state index contributed by atoms with van der Waals surface area (Å²) in [4.78, 5) is 16.4. The van der Waals surface area contributed by atoms with Crippen LogP contribution in [-0.4, -0.2) is 28.2 Å². The first kappa shape index (κ1) is 15.5. The van der Waals surface area contributed by atoms with Gasteiger partial charge in [0.2, 0.25) is 5.82 Å². The number of carbonyl (C=O) groups excluding carboxylic acids is 1. The van der Waals surface area contributed by atoms with E-state index in [2.05, 4.69) is 20.5 Å². The van der Waals surface area contributed by atoms with Crippen molar-refractivity contribution in [3.63, 3.8) is 0 Å². The maximum absolute atomic E-state index is 12.2. The number of fused-ring (bicyclic) bond motifs is 1. The number of para-hydroxylation sites is 1. The van der Waals surface area contributed by atoms with Crippen molar-refractivity contribution >= 4 is 45.8 Å². The molecule has 3 aromatic rings. The molecule has 1 N–H and O–H groups in total. The first-order chi connectivity index (χ1) is 11.1. The minimum absolute atomic E-state index is 0.0493. The fourth-order valence-corrected chi connectivity index (χ4v) is 2.63. The number of hydrogen-bond donors (Lipinski definition) is 1. The highest BCUT2D eigenvalue weighted by molar-refractivity contribution is 6.37. The molecular formula is C15H10Cl2N4O2. The van der Waals surface area contributed by atoms with Crippen molar-refractivity contribution in [2.24, 2.45) is 0 Å². The van der Waals surface area contributed by atoms with Crippen LogP contribution in [-0.2, 0) is 0 Å². The van der Waals surface area contributed by atoms with Gasteiger partial charge >= 0.3 is 0 Å². The van der Waals surface area contributed by atoms with E-state index in [0.717, 1.165) is 0 Å². The fourth-order valence-electron chi connectivity index (χ4n) is 1.99. The van der Waals surface area contributed by atoms with Gasteiger partial charge in [0.05, 0.1) is 22.7 Å². The zero-order chi connectivity index (χ0) is 16.4. The van der Waals surface area contributed by atoms with E-state index in [4.69, 9.17) is 27.9 Å². The van der Waals surface area contributed by atoms with Crippen LogP contribution in [0.5, 0.6) is 5.75 Å². The van der Waals surface area contributed by atoms with E-state index in [0.29, 0.717) is 22.5 Å². The molecule has 0 aliphatic carbocycles. The number of halogens is 2. The van der Waals surface area contributed by atoms with Crippen LogP contribution in [0.25, 0.3) is 11.0 Å². The molecule has 8 heteroatoms. The second kappa shape index (κ2) is 6.36. The summed E-state index contributed by atoms with van der Waals surface area (Å²) in [7, 11) is 1.46. The Labute approximate surface area is 141 Å². The van der Waals surface area contributed by atoms with Gasteiger partial charge in [0.15, 0.2) is 5.75 Å². The summed E-state index contributed by atoms with van der Waals surface area (Å²) in [5.74, 6) is -0.220. The molecular weight excluding hydrogens is 339 g/mol. The molecule has 0 radical (unpaired) electrons. The Morgan fingerprint density at radius 2 is 1.74 bits per heavy atom. The largest absolute Gasteiger partial charge is 0.494 e. The summed E-state index contributed by atoms with van der Waals surface area (Å²) in [6, 6.07) is 10.2. The van der Waals surface area contributed by atoms with Crippen LogP contribution >= 0.6 is 23.2 Å². The van der Waals surface area contributed by atoms with Gasteiger partial charge in [0, 0.05) is 5.69 Å². The van der Waals surface area contributed by atoms with E-state index in [9.17, 15) is 4.79 Å². The Balaban J connectivity index is 1.88. The third kappa shape index (κ3) is 3.18. The second-order valence-corrected chi connectivity index (χ2v) is 5.37. The average molecular weight is 349 g/mol. The van der Waals surface area contributed by atoms with Crippen molar-refractivity contribution in [3.8, 4) is 5.75 Å². The Hall–Kier alpha value is -2.44. The number of nitrogens with one attached hydrogen (secondary N) is 1. The first-order valence-electron chi connectivity index (χ1n) is 6.52. The molecule has 0 spiro atoms. The molecule has 3 rings (SSSR count). The molecule has 116 valence electrons. The van der Waals surface area contributed by atoms with Crippen molar-refractivity contribution in [2.75, 3.05) is 12.4 Å². The zero-order valence-electron chi connectivity index (χ0n) is 11.9. The maximum atomic E-state index is 12.2. The van der Waals surface area contributed by atoms with Crippen LogP contribution in [0.1, 0.15) is 10.6 Å². The highest BCUT2D eigenvalue weighted by Crippen LogP contribution is 2.35. The Morgan fingerprint density at radius 1 is 1.09 bits per heavy atom. The Kier molecular flexibility index (Phi) is 4.27. The van der Waals surface area contributed by atoms with Gasteiger partial charge in [-0.05, 0) is 24.3 Å². The number of rotatable bonds is 3. The lowest BCUT2D eigenvalue weighted by atomic mass is 10.3. The SMILES string of the molecule is COc1c(Cl)cc(NC(=O)c2nnc3ccccc3n2)cc1Cl. The molecule has 1 aromatic heterocycles. The molecule has 0 unspecified atom stereocenters. The minimum Gasteiger partial charge on any atom is -0.494 e. The third-order valence-electron chi connectivity index (χ3n) is 3.02. The Morgan fingerprint density at radius 3 is 2.39 bits per heavy atom. The van der Waals surface area contributed by atoms with E-state index >= 15 is 0 Å². The number of carbonyl (C=O) groups is 1. The first-order valence-corrected chi connectivity index (χ1v) is 7.28. The highest BCUT2D eigenvalue weighted by Gasteiger charge is 2.14. The van der Waals surface area contributed by atoms with Crippen LogP contribution < -0.4 is 10.1 Å². The van der Waals surface area contributed by atoms with Crippen LogP contribution in [0.15, 0.2) is 36.4 Å². The second-order valence-electron chi connectivity index (χ2n) is 4.55. The van der Waals surface area contributed by atoms with E-state index in [-0.39, 0.29) is 15.9 Å². The van der Waals surface area contributed by atoms with E-state index in [1.807, 2.05) is 12.1 Å². The standard InChI is InChI=1S/C15H10Cl2N4O2/c1-23-13-9(16)6-8(7-10(13)17)18-15(22)14-19-11-4-2-3-5-12(11)20-21-14/h2-7H,1H3,(H,18,22). The number of benzene rings is 2. The quantitative estimate of drug-likeness (QED) is 0.782. The smallest absolute Gasteiger partial charge is 0.295 e. The predicted octanol–water partition coefficient (Wildman–Crippen LogP) is 3.59. The number of ether oxygens (including phenoxy) is 1. The maximum Gasteiger partial charge on any atom is 0.295 e. The highest BCUT2D eigenvalue weighted by atomic mass is 35.5. The van der Waals surface area contributed by atoms with Gasteiger partial charge < -0.3 is 10.1 Å². The summed E-state index contributed by atoms with van der Waals surface area (Å²) >= 11 is 12.1. The lowest BCUT2D eigenvalue weighted by Gasteiger charge is -2.09. The number of aromatic nitrogens is 3. The van der Waals surface area contributed by atoms with Gasteiger partial charge in [-0.3, -0.25) is 4.79 Å². The number of amides is 1. The molecule has 0 fully saturated rings. The predicted molar refractivity (Wildman–Crippen MR) is 88.3 cm³/mol. The molecule has 0 bridgehead atoms. The summed E-state index contributed by atoms with van der Waals surface area (Å²) in [6.45, 7) is 0. The summed E-state index contributed by atoms with van der Waals surface area (Å²) in [6.07, 6.45) is 0. The molecule has 0 atom stereocenters. The van der Waals surface area contributed by atoms with Gasteiger partial charge in [-0.2, -0.15) is 0 Å². The van der Waals surface area contributed by atoms with Crippen molar-refractivity contribution in [1.82, 2.24) is 15.2 Å². The van der Waals surface area contributed by atoms with Crippen molar-refractivity contribution in [3.05, 3.63) is 52.3 Å². The van der Waals surface area contributed by atoms with Gasteiger partial charge in [0.1, 0.15) is 5.52 Å². The van der Waals surface area contributed by atoms with Gasteiger partial charge in [-0.1, -0.05) is 35.3 Å². The molecule has 1 heterocycles. The number of hydrogen-bond acceptors (Lipinski definition) is 5. The van der Waals surface area contributed by atoms with E-state index in [1.54, 1.807) is 12.1 Å². The average Bonchev–Trinajstić information content (AvgIpc) is 2.54. The fraction of sp³-hybridized carbons (Fsp3) is 0.0667.